The molecule has 0 N–H and O–H groups in total. The first-order valence-electron chi connectivity index (χ1n) is 4.84. The van der Waals surface area contributed by atoms with Gasteiger partial charge in [-0.25, -0.2) is 9.59 Å². The summed E-state index contributed by atoms with van der Waals surface area (Å²) in [5.74, 6) is -0.463. The monoisotopic (exact) mass is 221 g/mol. The van der Waals surface area contributed by atoms with Crippen molar-refractivity contribution in [2.45, 2.75) is 18.4 Å². The largest absolute Gasteiger partial charge is 0.465 e. The van der Waals surface area contributed by atoms with E-state index in [9.17, 15) is 9.59 Å². The zero-order valence-electron chi connectivity index (χ0n) is 9.06. The van der Waals surface area contributed by atoms with Crippen molar-refractivity contribution in [3.63, 3.8) is 0 Å². The van der Waals surface area contributed by atoms with Gasteiger partial charge in [-0.3, -0.25) is 4.68 Å². The Balaban J connectivity index is 2.51. The van der Waals surface area contributed by atoms with Crippen LogP contribution in [0.15, 0.2) is 11.2 Å². The van der Waals surface area contributed by atoms with Gasteiger partial charge < -0.3 is 4.74 Å². The SMILES string of the molecule is COC(=O)c1cnn(C)c1C1(N=C=O)CC1. The molecule has 0 aromatic carbocycles. The molecule has 2 rings (SSSR count). The third kappa shape index (κ3) is 1.44. The van der Waals surface area contributed by atoms with Crippen molar-refractivity contribution in [3.8, 4) is 0 Å². The predicted octanol–water partition coefficient (Wildman–Crippen LogP) is 0.532. The van der Waals surface area contributed by atoms with Crippen molar-refractivity contribution in [2.75, 3.05) is 7.11 Å². The summed E-state index contributed by atoms with van der Waals surface area (Å²) in [6, 6.07) is 0. The van der Waals surface area contributed by atoms with Crippen molar-refractivity contribution in [3.05, 3.63) is 17.5 Å². The molecule has 1 aliphatic rings. The van der Waals surface area contributed by atoms with Crippen molar-refractivity contribution < 1.29 is 14.3 Å². The summed E-state index contributed by atoms with van der Waals surface area (Å²) in [5.41, 5.74) is 0.375. The summed E-state index contributed by atoms with van der Waals surface area (Å²) >= 11 is 0. The minimum absolute atomic E-state index is 0.363. The number of isocyanates is 1. The second-order valence-electron chi connectivity index (χ2n) is 3.76. The van der Waals surface area contributed by atoms with Crippen LogP contribution in [0.5, 0.6) is 0 Å². The number of hydrogen-bond donors (Lipinski definition) is 0. The minimum atomic E-state index is -0.615. The van der Waals surface area contributed by atoms with Gasteiger partial charge in [0.15, 0.2) is 0 Å². The number of rotatable bonds is 3. The highest BCUT2D eigenvalue weighted by Crippen LogP contribution is 2.50. The molecule has 0 radical (unpaired) electrons. The molecular weight excluding hydrogens is 210 g/mol. The van der Waals surface area contributed by atoms with E-state index in [2.05, 4.69) is 14.8 Å². The van der Waals surface area contributed by atoms with Gasteiger partial charge in [-0.2, -0.15) is 10.1 Å². The highest BCUT2D eigenvalue weighted by Gasteiger charge is 2.49. The molecule has 0 saturated heterocycles. The molecule has 1 aromatic heterocycles. The van der Waals surface area contributed by atoms with E-state index in [1.807, 2.05) is 0 Å². The van der Waals surface area contributed by atoms with Gasteiger partial charge >= 0.3 is 5.97 Å². The maximum atomic E-state index is 11.5. The molecule has 1 fully saturated rings. The van der Waals surface area contributed by atoms with Gasteiger partial charge in [-0.1, -0.05) is 0 Å². The Kier molecular flexibility index (Phi) is 2.36. The van der Waals surface area contributed by atoms with E-state index in [-0.39, 0.29) is 0 Å². The maximum Gasteiger partial charge on any atom is 0.341 e. The van der Waals surface area contributed by atoms with E-state index in [4.69, 9.17) is 0 Å². The summed E-state index contributed by atoms with van der Waals surface area (Å²) in [5, 5.41) is 4.00. The molecule has 0 unspecified atom stereocenters. The van der Waals surface area contributed by atoms with Crippen LogP contribution in [0.4, 0.5) is 0 Å². The summed E-state index contributed by atoms with van der Waals surface area (Å²) in [4.78, 5) is 25.7. The van der Waals surface area contributed by atoms with Crippen LogP contribution in [0.25, 0.3) is 0 Å². The number of hydrogen-bond acceptors (Lipinski definition) is 5. The van der Waals surface area contributed by atoms with Gasteiger partial charge in [-0.05, 0) is 12.8 Å². The summed E-state index contributed by atoms with van der Waals surface area (Å²) in [6.07, 6.45) is 4.44. The fourth-order valence-corrected chi connectivity index (χ4v) is 1.86. The summed E-state index contributed by atoms with van der Waals surface area (Å²) in [6.45, 7) is 0. The summed E-state index contributed by atoms with van der Waals surface area (Å²) in [7, 11) is 3.02. The molecule has 1 aromatic rings. The number of nitrogens with zero attached hydrogens (tertiary/aromatic N) is 3. The molecule has 1 saturated carbocycles. The highest BCUT2D eigenvalue weighted by atomic mass is 16.5. The molecule has 0 atom stereocenters. The Hall–Kier alpha value is -1.94. The highest BCUT2D eigenvalue weighted by molar-refractivity contribution is 5.91. The fourth-order valence-electron chi connectivity index (χ4n) is 1.86. The molecule has 1 heterocycles. The Bertz CT molecular complexity index is 481. The third-order valence-corrected chi connectivity index (χ3v) is 2.77. The molecule has 1 aliphatic carbocycles. The molecular formula is C10H11N3O3. The number of esters is 1. The lowest BCUT2D eigenvalue weighted by Gasteiger charge is -2.10. The predicted molar refractivity (Wildman–Crippen MR) is 53.6 cm³/mol. The average molecular weight is 221 g/mol. The first-order valence-corrected chi connectivity index (χ1v) is 4.84. The van der Waals surface area contributed by atoms with Crippen LogP contribution < -0.4 is 0 Å². The Labute approximate surface area is 91.9 Å². The normalized spacial score (nSPS) is 16.4. The topological polar surface area (TPSA) is 73.5 Å². The Morgan fingerprint density at radius 1 is 1.69 bits per heavy atom. The van der Waals surface area contributed by atoms with E-state index in [0.29, 0.717) is 11.3 Å². The minimum Gasteiger partial charge on any atom is -0.465 e. The van der Waals surface area contributed by atoms with Crippen molar-refractivity contribution in [1.82, 2.24) is 9.78 Å². The average Bonchev–Trinajstić information content (AvgIpc) is 2.93. The van der Waals surface area contributed by atoms with E-state index in [1.54, 1.807) is 17.8 Å². The standard InChI is InChI=1S/C10H11N3O3/c1-13-8(10(3-4-10)11-6-14)7(5-12-13)9(15)16-2/h5H,3-4H2,1-2H3. The van der Waals surface area contributed by atoms with Crippen molar-refractivity contribution >= 4 is 12.0 Å². The number of aliphatic imine (C=N–C) groups is 1. The van der Waals surface area contributed by atoms with Gasteiger partial charge in [0.1, 0.15) is 11.1 Å². The van der Waals surface area contributed by atoms with Crippen LogP contribution in [0.1, 0.15) is 28.9 Å². The fraction of sp³-hybridized carbons (Fsp3) is 0.500. The molecule has 6 heteroatoms. The molecule has 0 aliphatic heterocycles. The van der Waals surface area contributed by atoms with Gasteiger partial charge in [0.2, 0.25) is 6.08 Å². The Morgan fingerprint density at radius 2 is 2.38 bits per heavy atom. The molecule has 0 amide bonds. The van der Waals surface area contributed by atoms with Crippen LogP contribution in [0.3, 0.4) is 0 Å². The molecule has 16 heavy (non-hydrogen) atoms. The number of aromatic nitrogens is 2. The van der Waals surface area contributed by atoms with Crippen LogP contribution >= 0.6 is 0 Å². The number of carbonyl (C=O) groups is 1. The van der Waals surface area contributed by atoms with E-state index in [1.165, 1.54) is 13.3 Å². The molecule has 0 spiro atoms. The van der Waals surface area contributed by atoms with Gasteiger partial charge in [0.25, 0.3) is 0 Å². The van der Waals surface area contributed by atoms with Crippen LogP contribution in [-0.4, -0.2) is 28.9 Å². The zero-order valence-corrected chi connectivity index (χ0v) is 9.06. The van der Waals surface area contributed by atoms with Crippen molar-refractivity contribution in [2.24, 2.45) is 12.0 Å². The molecule has 0 bridgehead atoms. The van der Waals surface area contributed by atoms with Crippen LogP contribution in [0.2, 0.25) is 0 Å². The number of methoxy groups -OCH3 is 1. The number of carbonyl (C=O) groups excluding carboxylic acids is 2. The lowest BCUT2D eigenvalue weighted by atomic mass is 10.1. The number of aryl methyl sites for hydroxylation is 1. The number of ether oxygens (including phenoxy) is 1. The van der Waals surface area contributed by atoms with Crippen LogP contribution in [0, 0.1) is 0 Å². The lowest BCUT2D eigenvalue weighted by Crippen LogP contribution is -2.15. The van der Waals surface area contributed by atoms with Gasteiger partial charge in [0, 0.05) is 7.05 Å². The summed E-state index contributed by atoms with van der Waals surface area (Å²) < 4.78 is 6.21. The maximum absolute atomic E-state index is 11.5. The Morgan fingerprint density at radius 3 is 2.88 bits per heavy atom. The van der Waals surface area contributed by atoms with E-state index >= 15 is 0 Å². The second kappa shape index (κ2) is 3.57. The van der Waals surface area contributed by atoms with Crippen LogP contribution in [-0.2, 0) is 22.1 Å². The van der Waals surface area contributed by atoms with Gasteiger partial charge in [-0.15, -0.1) is 0 Å². The zero-order chi connectivity index (χ0) is 11.8. The van der Waals surface area contributed by atoms with Gasteiger partial charge in [0.05, 0.1) is 19.0 Å². The lowest BCUT2D eigenvalue weighted by molar-refractivity contribution is 0.0598. The first-order chi connectivity index (χ1) is 7.64. The smallest absolute Gasteiger partial charge is 0.341 e. The molecule has 84 valence electrons. The second-order valence-corrected chi connectivity index (χ2v) is 3.76. The molecule has 6 nitrogen and oxygen atoms in total. The first kappa shape index (κ1) is 10.6. The quantitative estimate of drug-likeness (QED) is 0.424. The van der Waals surface area contributed by atoms with E-state index in [0.717, 1.165) is 12.8 Å². The third-order valence-electron chi connectivity index (χ3n) is 2.77. The van der Waals surface area contributed by atoms with Crippen molar-refractivity contribution in [1.29, 1.82) is 0 Å². The van der Waals surface area contributed by atoms with E-state index < -0.39 is 11.5 Å².